The lowest BCUT2D eigenvalue weighted by Crippen LogP contribution is -2.66. The third kappa shape index (κ3) is 7.35. The molecule has 1 amide bonds. The maximum Gasteiger partial charge on any atom is 0.261 e. The molecular weight excluding hydrogens is 547 g/mol. The Balaban J connectivity index is 1.53. The summed E-state index contributed by atoms with van der Waals surface area (Å²) in [6.45, 7) is 11.6. The van der Waals surface area contributed by atoms with Crippen molar-refractivity contribution in [1.29, 1.82) is 0 Å². The number of carbonyl (C=O) groups is 1. The maximum atomic E-state index is 13.9. The highest BCUT2D eigenvalue weighted by molar-refractivity contribution is 6.99. The van der Waals surface area contributed by atoms with Crippen LogP contribution in [0.15, 0.2) is 121 Å². The molecule has 0 aliphatic carbocycles. The Kier molecular flexibility index (Phi) is 10.8. The van der Waals surface area contributed by atoms with Gasteiger partial charge in [-0.3, -0.25) is 4.79 Å². The minimum absolute atomic E-state index is 0.0149. The first-order valence-electron chi connectivity index (χ1n) is 15.4. The average molecular weight is 594 g/mol. The summed E-state index contributed by atoms with van der Waals surface area (Å²) in [5, 5.41) is 13.9. The fourth-order valence-corrected chi connectivity index (χ4v) is 11.1. The Morgan fingerprint density at radius 3 is 1.60 bits per heavy atom. The molecule has 4 aromatic rings. The van der Waals surface area contributed by atoms with Gasteiger partial charge in [-0.1, -0.05) is 156 Å². The van der Waals surface area contributed by atoms with Gasteiger partial charge in [-0.05, 0) is 38.9 Å². The fourth-order valence-electron chi connectivity index (χ4n) is 6.39. The second kappa shape index (κ2) is 14.3. The number of nitrogens with zero attached hydrogens (tertiary/aromatic N) is 1. The van der Waals surface area contributed by atoms with Gasteiger partial charge >= 0.3 is 0 Å². The zero-order valence-corrected chi connectivity index (χ0v) is 27.5. The second-order valence-electron chi connectivity index (χ2n) is 12.9. The topological polar surface area (TPSA) is 49.8 Å². The van der Waals surface area contributed by atoms with E-state index in [1.807, 2.05) is 74.6 Å². The lowest BCUT2D eigenvalue weighted by atomic mass is 9.92. The first-order valence-corrected chi connectivity index (χ1v) is 17.3. The zero-order valence-electron chi connectivity index (χ0n) is 26.5. The monoisotopic (exact) mass is 593 g/mol. The summed E-state index contributed by atoms with van der Waals surface area (Å²) in [7, 11) is -0.843. The van der Waals surface area contributed by atoms with Crippen molar-refractivity contribution in [1.82, 2.24) is 4.90 Å². The van der Waals surface area contributed by atoms with Gasteiger partial charge in [-0.15, -0.1) is 0 Å². The molecule has 0 bridgehead atoms. The van der Waals surface area contributed by atoms with Gasteiger partial charge in [0.1, 0.15) is 6.10 Å². The third-order valence-corrected chi connectivity index (χ3v) is 13.5. The van der Waals surface area contributed by atoms with Crippen molar-refractivity contribution in [3.63, 3.8) is 0 Å². The summed E-state index contributed by atoms with van der Waals surface area (Å²) in [6, 6.07) is 40.2. The van der Waals surface area contributed by atoms with Gasteiger partial charge in [0.25, 0.3) is 8.32 Å². The lowest BCUT2D eigenvalue weighted by Gasteiger charge is -2.43. The van der Waals surface area contributed by atoms with Gasteiger partial charge in [-0.2, -0.15) is 0 Å². The molecular formula is C38H47NO3Si. The van der Waals surface area contributed by atoms with Crippen molar-refractivity contribution >= 4 is 24.6 Å². The SMILES string of the molecule is C[C@@H](CO[Si](c1ccccc1)(c1ccccc1)C(C)(C)C)C[C@H](C)C(=O)N(C)[C@H](c1ccccc1)[C@H](O)c1ccccc1. The zero-order chi connectivity index (χ0) is 31.0. The first-order chi connectivity index (χ1) is 20.6. The number of rotatable bonds is 12. The predicted molar refractivity (Wildman–Crippen MR) is 180 cm³/mol. The van der Waals surface area contributed by atoms with E-state index in [-0.39, 0.29) is 22.8 Å². The normalized spacial score (nSPS) is 14.9. The predicted octanol–water partition coefficient (Wildman–Crippen LogP) is 7.16. The van der Waals surface area contributed by atoms with Crippen molar-refractivity contribution in [3.8, 4) is 0 Å². The first kappa shape index (κ1) is 32.4. The number of amides is 1. The van der Waals surface area contributed by atoms with Crippen LogP contribution in [0.25, 0.3) is 0 Å². The molecule has 5 heteroatoms. The van der Waals surface area contributed by atoms with E-state index in [4.69, 9.17) is 4.43 Å². The summed E-state index contributed by atoms with van der Waals surface area (Å²) in [5.74, 6) is -0.0682. The van der Waals surface area contributed by atoms with Crippen LogP contribution in [0, 0.1) is 11.8 Å². The Hall–Kier alpha value is -3.51. The van der Waals surface area contributed by atoms with E-state index in [2.05, 4.69) is 88.4 Å². The fraction of sp³-hybridized carbons (Fsp3) is 0.342. The molecule has 226 valence electrons. The molecule has 0 aliphatic rings. The standard InChI is InChI=1S/C38H47NO3Si/c1-29(28-42-43(38(3,4)5,33-23-15-9-16-24-33)34-25-17-10-18-26-34)27-30(2)37(41)39(6)35(31-19-11-7-12-20-31)36(40)32-21-13-8-14-22-32/h7-26,29-30,35-36,40H,27-28H2,1-6H3/t29-,30+,35-,36-/m1/s1. The Labute approximate surface area is 259 Å². The van der Waals surface area contributed by atoms with Gasteiger partial charge in [0.2, 0.25) is 5.91 Å². The van der Waals surface area contributed by atoms with Gasteiger partial charge in [0, 0.05) is 19.6 Å². The molecule has 4 aromatic carbocycles. The number of hydrogen-bond donors (Lipinski definition) is 1. The van der Waals surface area contributed by atoms with Crippen LogP contribution in [-0.4, -0.2) is 37.9 Å². The number of benzene rings is 4. The minimum Gasteiger partial charge on any atom is -0.407 e. The van der Waals surface area contributed by atoms with Crippen molar-refractivity contribution in [3.05, 3.63) is 132 Å². The van der Waals surface area contributed by atoms with E-state index in [0.717, 1.165) is 11.1 Å². The second-order valence-corrected chi connectivity index (χ2v) is 17.2. The molecule has 1 N–H and O–H groups in total. The molecule has 4 atom stereocenters. The van der Waals surface area contributed by atoms with Gasteiger partial charge in [-0.25, -0.2) is 0 Å². The Morgan fingerprint density at radius 1 is 0.744 bits per heavy atom. The van der Waals surface area contributed by atoms with Gasteiger partial charge < -0.3 is 14.4 Å². The van der Waals surface area contributed by atoms with Crippen LogP contribution in [0.5, 0.6) is 0 Å². The third-order valence-electron chi connectivity index (χ3n) is 8.52. The number of carbonyl (C=O) groups excluding carboxylic acids is 1. The molecule has 0 aliphatic heterocycles. The van der Waals surface area contributed by atoms with Crippen LogP contribution < -0.4 is 10.4 Å². The number of aliphatic hydroxyl groups is 1. The molecule has 4 nitrogen and oxygen atoms in total. The summed E-state index contributed by atoms with van der Waals surface area (Å²) in [5.41, 5.74) is 1.70. The molecule has 0 saturated heterocycles. The summed E-state index contributed by atoms with van der Waals surface area (Å²) >= 11 is 0. The number of aliphatic hydroxyl groups excluding tert-OH is 1. The van der Waals surface area contributed by atoms with E-state index >= 15 is 0 Å². The highest BCUT2D eigenvalue weighted by Crippen LogP contribution is 2.38. The summed E-state index contributed by atoms with van der Waals surface area (Å²) < 4.78 is 7.16. The van der Waals surface area contributed by atoms with Gasteiger partial charge in [0.05, 0.1) is 6.04 Å². The van der Waals surface area contributed by atoms with E-state index in [0.29, 0.717) is 13.0 Å². The van der Waals surface area contributed by atoms with Crippen LogP contribution in [0.2, 0.25) is 5.04 Å². The molecule has 0 heterocycles. The van der Waals surface area contributed by atoms with Crippen molar-refractivity contribution < 1.29 is 14.3 Å². The largest absolute Gasteiger partial charge is 0.407 e. The molecule has 43 heavy (non-hydrogen) atoms. The maximum absolute atomic E-state index is 13.9. The van der Waals surface area contributed by atoms with Crippen LogP contribution in [-0.2, 0) is 9.22 Å². The van der Waals surface area contributed by atoms with Crippen molar-refractivity contribution in [2.75, 3.05) is 13.7 Å². The summed E-state index contributed by atoms with van der Waals surface area (Å²) in [6.07, 6.45) is -0.162. The molecule has 0 aromatic heterocycles. The van der Waals surface area contributed by atoms with Crippen molar-refractivity contribution in [2.24, 2.45) is 11.8 Å². The quantitative estimate of drug-likeness (QED) is 0.177. The molecule has 0 fully saturated rings. The Bertz CT molecular complexity index is 1370. The number of likely N-dealkylation sites (N-methyl/N-ethyl adjacent to an activating group) is 1. The lowest BCUT2D eigenvalue weighted by molar-refractivity contribution is -0.139. The highest BCUT2D eigenvalue weighted by Gasteiger charge is 2.50. The molecule has 4 rings (SSSR count). The highest BCUT2D eigenvalue weighted by atomic mass is 28.4. The van der Waals surface area contributed by atoms with E-state index in [1.165, 1.54) is 10.4 Å². The molecule has 0 saturated carbocycles. The van der Waals surface area contributed by atoms with Crippen LogP contribution in [0.1, 0.15) is 64.3 Å². The van der Waals surface area contributed by atoms with E-state index < -0.39 is 20.5 Å². The van der Waals surface area contributed by atoms with E-state index in [1.54, 1.807) is 4.90 Å². The summed E-state index contributed by atoms with van der Waals surface area (Å²) in [4.78, 5) is 15.6. The minimum atomic E-state index is -2.65. The van der Waals surface area contributed by atoms with Crippen LogP contribution in [0.3, 0.4) is 0 Å². The molecule has 0 radical (unpaired) electrons. The average Bonchev–Trinajstić information content (AvgIpc) is 3.02. The van der Waals surface area contributed by atoms with Crippen LogP contribution >= 0.6 is 0 Å². The smallest absolute Gasteiger partial charge is 0.261 e. The van der Waals surface area contributed by atoms with Crippen LogP contribution in [0.4, 0.5) is 0 Å². The number of hydrogen-bond acceptors (Lipinski definition) is 3. The Morgan fingerprint density at radius 2 is 1.16 bits per heavy atom. The molecule has 0 unspecified atom stereocenters. The molecule has 0 spiro atoms. The van der Waals surface area contributed by atoms with Crippen molar-refractivity contribution in [2.45, 2.75) is 58.2 Å². The van der Waals surface area contributed by atoms with E-state index in [9.17, 15) is 9.90 Å². The van der Waals surface area contributed by atoms with Gasteiger partial charge in [0.15, 0.2) is 0 Å².